The number of fused-ring (bicyclic) bond motifs is 1. The SMILES string of the molecule is Brc1ccc2nsnc2c1C[n+]1ccccc1. The van der Waals surface area contributed by atoms with Gasteiger partial charge in [0.2, 0.25) is 0 Å². The van der Waals surface area contributed by atoms with Crippen molar-refractivity contribution in [2.45, 2.75) is 6.54 Å². The van der Waals surface area contributed by atoms with Crippen molar-refractivity contribution in [1.82, 2.24) is 8.75 Å². The second-order valence-corrected chi connectivity index (χ2v) is 5.09. The number of nitrogens with zero attached hydrogens (tertiary/aromatic N) is 3. The Hall–Kier alpha value is -1.33. The Kier molecular flexibility index (Phi) is 2.86. The van der Waals surface area contributed by atoms with Crippen LogP contribution in [0.4, 0.5) is 0 Å². The van der Waals surface area contributed by atoms with Gasteiger partial charge in [-0.15, -0.1) is 0 Å². The number of pyridine rings is 1. The van der Waals surface area contributed by atoms with Crippen LogP contribution >= 0.6 is 27.7 Å². The highest BCUT2D eigenvalue weighted by Crippen LogP contribution is 2.24. The molecule has 0 radical (unpaired) electrons. The second kappa shape index (κ2) is 4.50. The van der Waals surface area contributed by atoms with Gasteiger partial charge >= 0.3 is 0 Å². The summed E-state index contributed by atoms with van der Waals surface area (Å²) >= 11 is 4.84. The lowest BCUT2D eigenvalue weighted by atomic mass is 10.2. The minimum atomic E-state index is 0.796. The van der Waals surface area contributed by atoms with Crippen LogP contribution < -0.4 is 4.57 Å². The summed E-state index contributed by atoms with van der Waals surface area (Å²) in [5.74, 6) is 0. The van der Waals surface area contributed by atoms with Gasteiger partial charge in [-0.2, -0.15) is 8.75 Å². The van der Waals surface area contributed by atoms with Crippen molar-refractivity contribution in [1.29, 1.82) is 0 Å². The minimum absolute atomic E-state index is 0.796. The molecular weight excluding hydrogens is 298 g/mol. The topological polar surface area (TPSA) is 29.7 Å². The molecule has 0 spiro atoms. The summed E-state index contributed by atoms with van der Waals surface area (Å²) in [5.41, 5.74) is 3.12. The molecule has 0 saturated heterocycles. The largest absolute Gasteiger partial charge is 0.201 e. The van der Waals surface area contributed by atoms with E-state index < -0.39 is 0 Å². The van der Waals surface area contributed by atoms with E-state index in [2.05, 4.69) is 29.2 Å². The summed E-state index contributed by atoms with van der Waals surface area (Å²) in [6, 6.07) is 10.1. The minimum Gasteiger partial charge on any atom is -0.201 e. The van der Waals surface area contributed by atoms with Crippen LogP contribution in [0.2, 0.25) is 0 Å². The van der Waals surface area contributed by atoms with Crippen molar-refractivity contribution < 1.29 is 4.57 Å². The molecular formula is C12H9BrN3S+. The molecule has 3 aromatic rings. The normalized spacial score (nSPS) is 10.9. The van der Waals surface area contributed by atoms with Gasteiger partial charge in [0.15, 0.2) is 18.9 Å². The van der Waals surface area contributed by atoms with E-state index >= 15 is 0 Å². The van der Waals surface area contributed by atoms with E-state index in [0.29, 0.717) is 0 Å². The molecule has 0 unspecified atom stereocenters. The molecule has 0 N–H and O–H groups in total. The maximum Gasteiger partial charge on any atom is 0.177 e. The van der Waals surface area contributed by atoms with Gasteiger partial charge in [-0.1, -0.05) is 22.0 Å². The van der Waals surface area contributed by atoms with Crippen LogP contribution in [-0.2, 0) is 6.54 Å². The van der Waals surface area contributed by atoms with Gasteiger partial charge in [0.1, 0.15) is 11.0 Å². The first kappa shape index (κ1) is 10.8. The number of rotatable bonds is 2. The number of aromatic nitrogens is 3. The van der Waals surface area contributed by atoms with E-state index in [0.717, 1.165) is 22.1 Å². The van der Waals surface area contributed by atoms with Crippen LogP contribution in [0, 0.1) is 0 Å². The van der Waals surface area contributed by atoms with Crippen molar-refractivity contribution in [3.63, 3.8) is 0 Å². The molecule has 84 valence electrons. The van der Waals surface area contributed by atoms with Gasteiger partial charge in [-0.3, -0.25) is 0 Å². The molecule has 0 aliphatic carbocycles. The monoisotopic (exact) mass is 306 g/mol. The molecule has 2 aromatic heterocycles. The predicted molar refractivity (Wildman–Crippen MR) is 70.9 cm³/mol. The maximum atomic E-state index is 4.36. The lowest BCUT2D eigenvalue weighted by Crippen LogP contribution is -2.33. The Morgan fingerprint density at radius 1 is 1.12 bits per heavy atom. The van der Waals surface area contributed by atoms with E-state index in [1.807, 2.05) is 42.7 Å². The molecule has 3 nitrogen and oxygen atoms in total. The molecule has 1 aromatic carbocycles. The van der Waals surface area contributed by atoms with Gasteiger partial charge < -0.3 is 0 Å². The molecule has 0 fully saturated rings. The first-order chi connectivity index (χ1) is 8.34. The number of benzene rings is 1. The molecule has 3 rings (SSSR count). The number of hydrogen-bond acceptors (Lipinski definition) is 3. The molecule has 17 heavy (non-hydrogen) atoms. The quantitative estimate of drug-likeness (QED) is 0.681. The first-order valence-corrected chi connectivity index (χ1v) is 6.70. The van der Waals surface area contributed by atoms with Crippen molar-refractivity contribution in [2.75, 3.05) is 0 Å². The second-order valence-electron chi connectivity index (χ2n) is 3.71. The highest BCUT2D eigenvalue weighted by atomic mass is 79.9. The van der Waals surface area contributed by atoms with Crippen LogP contribution in [0.3, 0.4) is 0 Å². The Labute approximate surface area is 111 Å². The molecule has 5 heteroatoms. The van der Waals surface area contributed by atoms with Crippen LogP contribution in [0.15, 0.2) is 47.2 Å². The third kappa shape index (κ3) is 2.08. The maximum absolute atomic E-state index is 4.36. The van der Waals surface area contributed by atoms with Crippen LogP contribution in [0.1, 0.15) is 5.56 Å². The van der Waals surface area contributed by atoms with Crippen molar-refractivity contribution in [2.24, 2.45) is 0 Å². The van der Waals surface area contributed by atoms with Crippen molar-refractivity contribution in [3.05, 3.63) is 52.8 Å². The fourth-order valence-corrected chi connectivity index (χ4v) is 2.76. The lowest BCUT2D eigenvalue weighted by molar-refractivity contribution is -0.688. The van der Waals surface area contributed by atoms with Gasteiger partial charge in [0.05, 0.1) is 17.3 Å². The summed E-state index contributed by atoms with van der Waals surface area (Å²) < 4.78 is 11.8. The summed E-state index contributed by atoms with van der Waals surface area (Å²) in [7, 11) is 0. The first-order valence-electron chi connectivity index (χ1n) is 5.18. The van der Waals surface area contributed by atoms with E-state index in [1.165, 1.54) is 17.3 Å². The van der Waals surface area contributed by atoms with Gasteiger partial charge in [0, 0.05) is 16.6 Å². The van der Waals surface area contributed by atoms with Crippen molar-refractivity contribution >= 4 is 38.7 Å². The fraction of sp³-hybridized carbons (Fsp3) is 0.0833. The zero-order chi connectivity index (χ0) is 11.7. The number of halogens is 1. The molecule has 0 amide bonds. The Bertz CT molecular complexity index is 651. The highest BCUT2D eigenvalue weighted by molar-refractivity contribution is 9.10. The Morgan fingerprint density at radius 2 is 1.94 bits per heavy atom. The van der Waals surface area contributed by atoms with E-state index in [9.17, 15) is 0 Å². The third-order valence-corrected chi connectivity index (χ3v) is 3.88. The zero-order valence-corrected chi connectivity index (χ0v) is 11.3. The number of hydrogen-bond donors (Lipinski definition) is 0. The molecule has 0 aliphatic heterocycles. The molecule has 0 aliphatic rings. The zero-order valence-electron chi connectivity index (χ0n) is 8.88. The van der Waals surface area contributed by atoms with E-state index in [-0.39, 0.29) is 0 Å². The smallest absolute Gasteiger partial charge is 0.177 e. The van der Waals surface area contributed by atoms with E-state index in [4.69, 9.17) is 0 Å². The molecule has 0 saturated carbocycles. The molecule has 0 bridgehead atoms. The van der Waals surface area contributed by atoms with Crippen LogP contribution in [-0.4, -0.2) is 8.75 Å². The average Bonchev–Trinajstić information content (AvgIpc) is 2.83. The van der Waals surface area contributed by atoms with Crippen LogP contribution in [0.25, 0.3) is 11.0 Å². The third-order valence-electron chi connectivity index (χ3n) is 2.59. The molecule has 2 heterocycles. The van der Waals surface area contributed by atoms with Gasteiger partial charge in [-0.25, -0.2) is 4.57 Å². The van der Waals surface area contributed by atoms with Gasteiger partial charge in [-0.05, 0) is 12.1 Å². The summed E-state index contributed by atoms with van der Waals surface area (Å²) in [6.07, 6.45) is 4.09. The fourth-order valence-electron chi connectivity index (χ4n) is 1.75. The summed E-state index contributed by atoms with van der Waals surface area (Å²) in [6.45, 7) is 0.796. The standard InChI is InChI=1S/C12H9BrN3S/c13-10-4-5-11-12(15-17-14-11)9(10)8-16-6-2-1-3-7-16/h1-7H,8H2/q+1. The van der Waals surface area contributed by atoms with E-state index in [1.54, 1.807) is 0 Å². The Morgan fingerprint density at radius 3 is 2.76 bits per heavy atom. The summed E-state index contributed by atoms with van der Waals surface area (Å²) in [4.78, 5) is 0. The van der Waals surface area contributed by atoms with Crippen molar-refractivity contribution in [3.8, 4) is 0 Å². The highest BCUT2D eigenvalue weighted by Gasteiger charge is 2.13. The molecule has 0 atom stereocenters. The Balaban J connectivity index is 2.10. The average molecular weight is 307 g/mol. The van der Waals surface area contributed by atoms with Crippen LogP contribution in [0.5, 0.6) is 0 Å². The lowest BCUT2D eigenvalue weighted by Gasteiger charge is -2.01. The summed E-state index contributed by atoms with van der Waals surface area (Å²) in [5, 5.41) is 0. The van der Waals surface area contributed by atoms with Gasteiger partial charge in [0.25, 0.3) is 0 Å². The predicted octanol–water partition coefficient (Wildman–Crippen LogP) is 2.79.